The van der Waals surface area contributed by atoms with Gasteiger partial charge in [0.05, 0.1) is 5.56 Å². The number of carboxylic acid groups (broad SMARTS) is 1. The van der Waals surface area contributed by atoms with Gasteiger partial charge in [0.2, 0.25) is 0 Å². The molecule has 94 valence electrons. The van der Waals surface area contributed by atoms with E-state index in [1.54, 1.807) is 11.4 Å². The summed E-state index contributed by atoms with van der Waals surface area (Å²) in [6.45, 7) is 3.36. The van der Waals surface area contributed by atoms with Crippen LogP contribution in [0.2, 0.25) is 0 Å². The summed E-state index contributed by atoms with van der Waals surface area (Å²) in [6, 6.07) is 5.71. The van der Waals surface area contributed by atoms with E-state index in [9.17, 15) is 4.79 Å². The molecule has 4 nitrogen and oxygen atoms in total. The van der Waals surface area contributed by atoms with Crippen LogP contribution in [0.3, 0.4) is 0 Å². The van der Waals surface area contributed by atoms with Gasteiger partial charge in [0.25, 0.3) is 0 Å². The van der Waals surface area contributed by atoms with E-state index < -0.39 is 5.97 Å². The Morgan fingerprint density at radius 2 is 2.28 bits per heavy atom. The molecule has 0 aliphatic carbocycles. The number of carbonyl (C=O) groups is 1. The third-order valence-electron chi connectivity index (χ3n) is 2.50. The van der Waals surface area contributed by atoms with Gasteiger partial charge >= 0.3 is 5.97 Å². The average molecular weight is 262 g/mol. The van der Waals surface area contributed by atoms with Crippen molar-refractivity contribution in [2.45, 2.75) is 20.0 Å². The van der Waals surface area contributed by atoms with Gasteiger partial charge in [0, 0.05) is 35.2 Å². The minimum absolute atomic E-state index is 0.355. The average Bonchev–Trinajstić information content (AvgIpc) is 2.81. The summed E-state index contributed by atoms with van der Waals surface area (Å²) in [5.41, 5.74) is 2.48. The predicted octanol–water partition coefficient (Wildman–Crippen LogP) is 2.44. The molecule has 0 radical (unpaired) electrons. The van der Waals surface area contributed by atoms with Crippen molar-refractivity contribution in [3.63, 3.8) is 0 Å². The van der Waals surface area contributed by atoms with Crippen molar-refractivity contribution < 1.29 is 9.90 Å². The first-order valence-electron chi connectivity index (χ1n) is 5.58. The SMILES string of the molecule is Cc1ccc(CNCc2cc(C(=O)O)cs2)cn1. The zero-order valence-corrected chi connectivity index (χ0v) is 10.8. The van der Waals surface area contributed by atoms with E-state index in [4.69, 9.17) is 5.11 Å². The van der Waals surface area contributed by atoms with E-state index in [1.807, 2.05) is 25.3 Å². The molecule has 0 unspecified atom stereocenters. The smallest absolute Gasteiger partial charge is 0.336 e. The highest BCUT2D eigenvalue weighted by Crippen LogP contribution is 2.14. The molecule has 0 aromatic carbocycles. The highest BCUT2D eigenvalue weighted by atomic mass is 32.1. The molecule has 2 N–H and O–H groups in total. The number of hydrogen-bond donors (Lipinski definition) is 2. The largest absolute Gasteiger partial charge is 0.478 e. The molecule has 0 aliphatic heterocycles. The Kier molecular flexibility index (Phi) is 4.07. The Bertz CT molecular complexity index is 534. The van der Waals surface area contributed by atoms with Crippen LogP contribution in [0.4, 0.5) is 0 Å². The lowest BCUT2D eigenvalue weighted by atomic mass is 10.2. The third kappa shape index (κ3) is 3.38. The van der Waals surface area contributed by atoms with Crippen LogP contribution in [0.5, 0.6) is 0 Å². The van der Waals surface area contributed by atoms with E-state index >= 15 is 0 Å². The maximum Gasteiger partial charge on any atom is 0.336 e. The molecule has 0 saturated heterocycles. The van der Waals surface area contributed by atoms with Crippen LogP contribution in [0.1, 0.15) is 26.5 Å². The third-order valence-corrected chi connectivity index (χ3v) is 3.44. The number of aryl methyl sites for hydroxylation is 1. The van der Waals surface area contributed by atoms with Crippen molar-refractivity contribution in [2.75, 3.05) is 0 Å². The molecule has 2 rings (SSSR count). The first-order valence-corrected chi connectivity index (χ1v) is 6.46. The summed E-state index contributed by atoms with van der Waals surface area (Å²) in [6.07, 6.45) is 1.85. The number of hydrogen-bond acceptors (Lipinski definition) is 4. The lowest BCUT2D eigenvalue weighted by Gasteiger charge is -2.03. The van der Waals surface area contributed by atoms with E-state index in [0.29, 0.717) is 12.1 Å². The molecule has 2 heterocycles. The lowest BCUT2D eigenvalue weighted by molar-refractivity contribution is 0.0697. The van der Waals surface area contributed by atoms with Gasteiger partial charge in [-0.2, -0.15) is 0 Å². The zero-order chi connectivity index (χ0) is 13.0. The molecular formula is C13H14N2O2S. The molecule has 0 saturated carbocycles. The number of rotatable bonds is 5. The van der Waals surface area contributed by atoms with E-state index in [0.717, 1.165) is 22.7 Å². The standard InChI is InChI=1S/C13H14N2O2S/c1-9-2-3-10(6-15-9)5-14-7-12-4-11(8-18-12)13(16)17/h2-4,6,8,14H,5,7H2,1H3,(H,16,17). The van der Waals surface area contributed by atoms with Gasteiger partial charge in [-0.1, -0.05) is 6.07 Å². The Labute approximate surface area is 109 Å². The van der Waals surface area contributed by atoms with Gasteiger partial charge in [0.15, 0.2) is 0 Å². The molecule has 2 aromatic rings. The molecule has 2 aromatic heterocycles. The van der Waals surface area contributed by atoms with Crippen LogP contribution in [-0.2, 0) is 13.1 Å². The van der Waals surface area contributed by atoms with Crippen molar-refractivity contribution >= 4 is 17.3 Å². The number of pyridine rings is 1. The fourth-order valence-electron chi connectivity index (χ4n) is 1.52. The normalized spacial score (nSPS) is 10.5. The van der Waals surface area contributed by atoms with Crippen LogP contribution in [0, 0.1) is 6.92 Å². The molecule has 0 amide bonds. The second-order valence-electron chi connectivity index (χ2n) is 4.02. The minimum Gasteiger partial charge on any atom is -0.478 e. The molecule has 18 heavy (non-hydrogen) atoms. The fourth-order valence-corrected chi connectivity index (χ4v) is 2.35. The fraction of sp³-hybridized carbons (Fsp3) is 0.231. The van der Waals surface area contributed by atoms with Crippen molar-refractivity contribution in [1.29, 1.82) is 0 Å². The van der Waals surface area contributed by atoms with Crippen molar-refractivity contribution in [3.8, 4) is 0 Å². The molecule has 0 aliphatic rings. The monoisotopic (exact) mass is 262 g/mol. The number of nitrogens with one attached hydrogen (secondary N) is 1. The van der Waals surface area contributed by atoms with Gasteiger partial charge in [-0.05, 0) is 24.6 Å². The van der Waals surface area contributed by atoms with Gasteiger partial charge in [-0.15, -0.1) is 11.3 Å². The van der Waals surface area contributed by atoms with Crippen LogP contribution in [-0.4, -0.2) is 16.1 Å². The molecule has 5 heteroatoms. The highest BCUT2D eigenvalue weighted by molar-refractivity contribution is 7.10. The van der Waals surface area contributed by atoms with Crippen molar-refractivity contribution in [1.82, 2.24) is 10.3 Å². The Hall–Kier alpha value is -1.72. The summed E-state index contributed by atoms with van der Waals surface area (Å²) < 4.78 is 0. The van der Waals surface area contributed by atoms with E-state index in [1.165, 1.54) is 11.3 Å². The van der Waals surface area contributed by atoms with Crippen LogP contribution in [0.15, 0.2) is 29.8 Å². The van der Waals surface area contributed by atoms with Crippen LogP contribution in [0.25, 0.3) is 0 Å². The Morgan fingerprint density at radius 3 is 2.89 bits per heavy atom. The molecule has 0 spiro atoms. The van der Waals surface area contributed by atoms with Gasteiger partial charge in [0.1, 0.15) is 0 Å². The minimum atomic E-state index is -0.875. The Balaban J connectivity index is 1.84. The second-order valence-corrected chi connectivity index (χ2v) is 5.01. The summed E-state index contributed by atoms with van der Waals surface area (Å²) >= 11 is 1.46. The number of aromatic carboxylic acids is 1. The summed E-state index contributed by atoms with van der Waals surface area (Å²) in [4.78, 5) is 16.0. The van der Waals surface area contributed by atoms with Crippen LogP contribution >= 0.6 is 11.3 Å². The predicted molar refractivity (Wildman–Crippen MR) is 70.8 cm³/mol. The number of nitrogens with zero attached hydrogens (tertiary/aromatic N) is 1. The van der Waals surface area contributed by atoms with E-state index in [-0.39, 0.29) is 0 Å². The van der Waals surface area contributed by atoms with Crippen LogP contribution < -0.4 is 5.32 Å². The van der Waals surface area contributed by atoms with Gasteiger partial charge < -0.3 is 10.4 Å². The van der Waals surface area contributed by atoms with Gasteiger partial charge in [-0.3, -0.25) is 4.98 Å². The topological polar surface area (TPSA) is 62.2 Å². The molecule has 0 fully saturated rings. The number of carboxylic acids is 1. The molecule has 0 bridgehead atoms. The zero-order valence-electron chi connectivity index (χ0n) is 10.0. The first kappa shape index (κ1) is 12.7. The quantitative estimate of drug-likeness (QED) is 0.868. The first-order chi connectivity index (χ1) is 8.65. The molecule has 0 atom stereocenters. The van der Waals surface area contributed by atoms with Gasteiger partial charge in [-0.25, -0.2) is 4.79 Å². The maximum absolute atomic E-state index is 10.7. The summed E-state index contributed by atoms with van der Waals surface area (Å²) in [7, 11) is 0. The van der Waals surface area contributed by atoms with Crippen molar-refractivity contribution in [2.24, 2.45) is 0 Å². The summed E-state index contributed by atoms with van der Waals surface area (Å²) in [5, 5.41) is 13.7. The maximum atomic E-state index is 10.7. The Morgan fingerprint density at radius 1 is 1.44 bits per heavy atom. The van der Waals surface area contributed by atoms with Crippen molar-refractivity contribution in [3.05, 3.63) is 51.5 Å². The second kappa shape index (κ2) is 5.75. The molecular weight excluding hydrogens is 248 g/mol. The number of thiophene rings is 1. The lowest BCUT2D eigenvalue weighted by Crippen LogP contribution is -2.12. The number of aromatic nitrogens is 1. The summed E-state index contributed by atoms with van der Waals surface area (Å²) in [5.74, 6) is -0.875. The highest BCUT2D eigenvalue weighted by Gasteiger charge is 2.05. The van der Waals surface area contributed by atoms with E-state index in [2.05, 4.69) is 10.3 Å².